The molecule has 0 aliphatic heterocycles. The maximum atomic E-state index is 9.06. The third-order valence-electron chi connectivity index (χ3n) is 1.63. The minimum Gasteiger partial charge on any atom is -0.493 e. The SMILES string of the molecule is Cc1ncncc1-c1nc(O)cs1. The summed E-state index contributed by atoms with van der Waals surface area (Å²) in [5.41, 5.74) is 1.73. The molecule has 0 atom stereocenters. The smallest absolute Gasteiger partial charge is 0.222 e. The predicted octanol–water partition coefficient (Wildman–Crippen LogP) is 1.61. The van der Waals surface area contributed by atoms with Crippen molar-refractivity contribution in [2.75, 3.05) is 0 Å². The standard InChI is InChI=1S/C8H7N3OS/c1-5-6(2-9-4-10-5)8-11-7(12)3-13-8/h2-4,12H,1H3. The molecular formula is C8H7N3OS. The Hall–Kier alpha value is -1.49. The average Bonchev–Trinajstić information content (AvgIpc) is 2.53. The zero-order valence-corrected chi connectivity index (χ0v) is 7.75. The maximum absolute atomic E-state index is 9.06. The van der Waals surface area contributed by atoms with E-state index >= 15 is 0 Å². The summed E-state index contributed by atoms with van der Waals surface area (Å²) in [7, 11) is 0. The summed E-state index contributed by atoms with van der Waals surface area (Å²) in [6.07, 6.45) is 3.19. The fourth-order valence-corrected chi connectivity index (χ4v) is 1.73. The van der Waals surface area contributed by atoms with Gasteiger partial charge in [0.15, 0.2) is 0 Å². The Kier molecular flexibility index (Phi) is 1.94. The zero-order valence-electron chi connectivity index (χ0n) is 6.93. The number of nitrogens with zero attached hydrogens (tertiary/aromatic N) is 3. The van der Waals surface area contributed by atoms with Gasteiger partial charge in [-0.2, -0.15) is 0 Å². The first-order valence-electron chi connectivity index (χ1n) is 3.69. The van der Waals surface area contributed by atoms with Gasteiger partial charge in [0, 0.05) is 6.20 Å². The van der Waals surface area contributed by atoms with E-state index in [4.69, 9.17) is 5.11 Å². The second-order valence-electron chi connectivity index (χ2n) is 2.53. The molecule has 2 rings (SSSR count). The van der Waals surface area contributed by atoms with Crippen molar-refractivity contribution < 1.29 is 5.11 Å². The van der Waals surface area contributed by atoms with Crippen molar-refractivity contribution in [2.45, 2.75) is 6.92 Å². The van der Waals surface area contributed by atoms with E-state index in [0.29, 0.717) is 0 Å². The normalized spacial score (nSPS) is 10.2. The number of rotatable bonds is 1. The van der Waals surface area contributed by atoms with E-state index in [2.05, 4.69) is 15.0 Å². The first-order chi connectivity index (χ1) is 6.27. The molecule has 13 heavy (non-hydrogen) atoms. The summed E-state index contributed by atoms with van der Waals surface area (Å²) in [6, 6.07) is 0. The van der Waals surface area contributed by atoms with E-state index in [1.807, 2.05) is 6.92 Å². The van der Waals surface area contributed by atoms with Crippen LogP contribution >= 0.6 is 11.3 Å². The van der Waals surface area contributed by atoms with Crippen molar-refractivity contribution in [3.05, 3.63) is 23.6 Å². The zero-order chi connectivity index (χ0) is 9.26. The summed E-state index contributed by atoms with van der Waals surface area (Å²) in [6.45, 7) is 1.88. The van der Waals surface area contributed by atoms with Crippen molar-refractivity contribution in [3.8, 4) is 16.5 Å². The largest absolute Gasteiger partial charge is 0.493 e. The van der Waals surface area contributed by atoms with Gasteiger partial charge < -0.3 is 5.11 Å². The molecule has 4 nitrogen and oxygen atoms in total. The van der Waals surface area contributed by atoms with Gasteiger partial charge in [0.25, 0.3) is 0 Å². The summed E-state index contributed by atoms with van der Waals surface area (Å²) < 4.78 is 0. The first kappa shape index (κ1) is 8.12. The molecule has 0 aliphatic rings. The molecule has 2 heterocycles. The lowest BCUT2D eigenvalue weighted by atomic mass is 10.2. The van der Waals surface area contributed by atoms with Gasteiger partial charge in [-0.05, 0) is 6.92 Å². The summed E-state index contributed by atoms with van der Waals surface area (Å²) in [5.74, 6) is 0.0447. The van der Waals surface area contributed by atoms with Crippen LogP contribution in [0, 0.1) is 6.92 Å². The van der Waals surface area contributed by atoms with Crippen LogP contribution in [0.1, 0.15) is 5.69 Å². The molecule has 0 aromatic carbocycles. The quantitative estimate of drug-likeness (QED) is 0.747. The monoisotopic (exact) mass is 193 g/mol. The third kappa shape index (κ3) is 1.50. The molecule has 1 N–H and O–H groups in total. The van der Waals surface area contributed by atoms with Gasteiger partial charge in [0.2, 0.25) is 5.88 Å². The molecule has 0 spiro atoms. The van der Waals surface area contributed by atoms with E-state index in [1.54, 1.807) is 11.6 Å². The molecule has 66 valence electrons. The van der Waals surface area contributed by atoms with Crippen LogP contribution in [-0.4, -0.2) is 20.1 Å². The predicted molar refractivity (Wildman–Crippen MR) is 49.5 cm³/mol. The van der Waals surface area contributed by atoms with Gasteiger partial charge in [-0.15, -0.1) is 11.3 Å². The van der Waals surface area contributed by atoms with Crippen molar-refractivity contribution in [3.63, 3.8) is 0 Å². The van der Waals surface area contributed by atoms with Crippen LogP contribution in [-0.2, 0) is 0 Å². The van der Waals surface area contributed by atoms with Gasteiger partial charge in [0.1, 0.15) is 11.3 Å². The van der Waals surface area contributed by atoms with Gasteiger partial charge >= 0.3 is 0 Å². The van der Waals surface area contributed by atoms with Crippen molar-refractivity contribution in [2.24, 2.45) is 0 Å². The third-order valence-corrected chi connectivity index (χ3v) is 2.50. The van der Waals surface area contributed by atoms with Gasteiger partial charge in [-0.1, -0.05) is 0 Å². The highest BCUT2D eigenvalue weighted by molar-refractivity contribution is 7.13. The second-order valence-corrected chi connectivity index (χ2v) is 3.39. The first-order valence-corrected chi connectivity index (χ1v) is 4.57. The molecule has 2 aromatic rings. The van der Waals surface area contributed by atoms with Crippen molar-refractivity contribution in [1.29, 1.82) is 0 Å². The summed E-state index contributed by atoms with van der Waals surface area (Å²) in [5, 5.41) is 11.4. The average molecular weight is 193 g/mol. The van der Waals surface area contributed by atoms with Crippen LogP contribution in [0.2, 0.25) is 0 Å². The Labute approximate surface area is 78.9 Å². The fourth-order valence-electron chi connectivity index (χ4n) is 0.990. The maximum Gasteiger partial charge on any atom is 0.222 e. The number of hydrogen-bond acceptors (Lipinski definition) is 5. The molecule has 2 aromatic heterocycles. The van der Waals surface area contributed by atoms with Crippen LogP contribution < -0.4 is 0 Å². The van der Waals surface area contributed by atoms with Crippen LogP contribution in [0.5, 0.6) is 5.88 Å². The highest BCUT2D eigenvalue weighted by Crippen LogP contribution is 2.26. The van der Waals surface area contributed by atoms with Crippen molar-refractivity contribution >= 4 is 11.3 Å². The molecule has 0 fully saturated rings. The highest BCUT2D eigenvalue weighted by atomic mass is 32.1. The number of hydrogen-bond donors (Lipinski definition) is 1. The number of aryl methyl sites for hydroxylation is 1. The van der Waals surface area contributed by atoms with Gasteiger partial charge in [0.05, 0.1) is 16.6 Å². The molecular weight excluding hydrogens is 186 g/mol. The topological polar surface area (TPSA) is 58.9 Å². The molecule has 0 saturated heterocycles. The number of aromatic hydroxyl groups is 1. The van der Waals surface area contributed by atoms with E-state index in [1.165, 1.54) is 17.7 Å². The Morgan fingerprint density at radius 3 is 2.92 bits per heavy atom. The van der Waals surface area contributed by atoms with E-state index < -0.39 is 0 Å². The molecule has 0 unspecified atom stereocenters. The van der Waals surface area contributed by atoms with Crippen LogP contribution in [0.4, 0.5) is 0 Å². The fraction of sp³-hybridized carbons (Fsp3) is 0.125. The van der Waals surface area contributed by atoms with Crippen molar-refractivity contribution in [1.82, 2.24) is 15.0 Å². The lowest BCUT2D eigenvalue weighted by Crippen LogP contribution is -1.87. The Balaban J connectivity index is 2.52. The molecule has 0 saturated carbocycles. The van der Waals surface area contributed by atoms with Crippen LogP contribution in [0.3, 0.4) is 0 Å². The minimum atomic E-state index is 0.0447. The molecule has 0 radical (unpaired) electrons. The Bertz CT molecular complexity index is 427. The summed E-state index contributed by atoms with van der Waals surface area (Å²) in [4.78, 5) is 11.9. The van der Waals surface area contributed by atoms with E-state index in [9.17, 15) is 0 Å². The van der Waals surface area contributed by atoms with Crippen LogP contribution in [0.15, 0.2) is 17.9 Å². The van der Waals surface area contributed by atoms with Crippen LogP contribution in [0.25, 0.3) is 10.6 Å². The van der Waals surface area contributed by atoms with E-state index in [0.717, 1.165) is 16.3 Å². The van der Waals surface area contributed by atoms with E-state index in [-0.39, 0.29) is 5.88 Å². The highest BCUT2D eigenvalue weighted by Gasteiger charge is 2.06. The van der Waals surface area contributed by atoms with Gasteiger partial charge in [-0.25, -0.2) is 15.0 Å². The lowest BCUT2D eigenvalue weighted by molar-refractivity contribution is 0.458. The molecule has 0 aliphatic carbocycles. The summed E-state index contributed by atoms with van der Waals surface area (Å²) >= 11 is 1.38. The number of aromatic nitrogens is 3. The minimum absolute atomic E-state index is 0.0447. The second kappa shape index (κ2) is 3.10. The Morgan fingerprint density at radius 2 is 2.31 bits per heavy atom. The molecule has 0 amide bonds. The molecule has 0 bridgehead atoms. The lowest BCUT2D eigenvalue weighted by Gasteiger charge is -1.97. The molecule has 5 heteroatoms. The number of thiazole rings is 1. The Morgan fingerprint density at radius 1 is 1.46 bits per heavy atom. The van der Waals surface area contributed by atoms with Gasteiger partial charge in [-0.3, -0.25) is 0 Å².